The molecule has 0 saturated carbocycles. The molecule has 124 valence electrons. The summed E-state index contributed by atoms with van der Waals surface area (Å²) in [5.41, 5.74) is 3.55. The molecule has 23 heavy (non-hydrogen) atoms. The Morgan fingerprint density at radius 2 is 1.87 bits per heavy atom. The number of rotatable bonds is 2. The maximum atomic E-state index is 12.2. The first-order valence-electron chi connectivity index (χ1n) is 8.45. The normalized spacial score (nSPS) is 18.3. The lowest BCUT2D eigenvalue weighted by Gasteiger charge is -2.36. The number of carbonyl (C=O) groups excluding carboxylic acids is 1. The molecule has 1 saturated heterocycles. The number of amides is 1. The first kappa shape index (κ1) is 15.9. The number of para-hydroxylation sites is 1. The fourth-order valence-electron chi connectivity index (χ4n) is 2.98. The van der Waals surface area contributed by atoms with E-state index in [9.17, 15) is 4.79 Å². The molecule has 0 atom stereocenters. The van der Waals surface area contributed by atoms with E-state index >= 15 is 0 Å². The number of nitrogens with zero attached hydrogens (tertiary/aromatic N) is 2. The van der Waals surface area contributed by atoms with Gasteiger partial charge in [0.25, 0.3) is 0 Å². The molecule has 1 amide bonds. The molecule has 0 radical (unpaired) electrons. The van der Waals surface area contributed by atoms with Gasteiger partial charge in [-0.1, -0.05) is 24.3 Å². The predicted octanol–water partition coefficient (Wildman–Crippen LogP) is 3.92. The fourth-order valence-corrected chi connectivity index (χ4v) is 2.98. The van der Waals surface area contributed by atoms with Crippen LogP contribution in [0.25, 0.3) is 5.57 Å². The van der Waals surface area contributed by atoms with E-state index in [-0.39, 0.29) is 6.09 Å². The van der Waals surface area contributed by atoms with Crippen molar-refractivity contribution in [3.63, 3.8) is 0 Å². The highest BCUT2D eigenvalue weighted by Gasteiger charge is 2.25. The fraction of sp³-hybridized carbons (Fsp3) is 0.526. The molecule has 2 heterocycles. The number of anilines is 1. The molecule has 0 unspecified atom stereocenters. The molecule has 1 aromatic rings. The van der Waals surface area contributed by atoms with Gasteiger partial charge in [-0.2, -0.15) is 0 Å². The van der Waals surface area contributed by atoms with Crippen molar-refractivity contribution in [3.05, 3.63) is 35.9 Å². The Morgan fingerprint density at radius 1 is 1.13 bits per heavy atom. The second-order valence-corrected chi connectivity index (χ2v) is 7.26. The SMILES string of the molecule is CC(C)(C)OC(=O)N1CC=C(c2ccccc2N2CCC2)CC1. The van der Waals surface area contributed by atoms with Crippen LogP contribution in [0.5, 0.6) is 0 Å². The van der Waals surface area contributed by atoms with Gasteiger partial charge < -0.3 is 14.5 Å². The Labute approximate surface area is 138 Å². The summed E-state index contributed by atoms with van der Waals surface area (Å²) in [7, 11) is 0. The van der Waals surface area contributed by atoms with Crippen LogP contribution < -0.4 is 4.90 Å². The summed E-state index contributed by atoms with van der Waals surface area (Å²) in [6, 6.07) is 8.60. The Morgan fingerprint density at radius 3 is 2.43 bits per heavy atom. The van der Waals surface area contributed by atoms with E-state index in [4.69, 9.17) is 4.74 Å². The van der Waals surface area contributed by atoms with Crippen molar-refractivity contribution < 1.29 is 9.53 Å². The number of benzene rings is 1. The summed E-state index contributed by atoms with van der Waals surface area (Å²) < 4.78 is 5.46. The highest BCUT2D eigenvalue weighted by molar-refractivity contribution is 5.79. The number of ether oxygens (including phenoxy) is 1. The van der Waals surface area contributed by atoms with Crippen LogP contribution in [0.3, 0.4) is 0 Å². The maximum absolute atomic E-state index is 12.2. The van der Waals surface area contributed by atoms with Crippen molar-refractivity contribution in [3.8, 4) is 0 Å². The van der Waals surface area contributed by atoms with Crippen molar-refractivity contribution >= 4 is 17.4 Å². The molecule has 4 nitrogen and oxygen atoms in total. The van der Waals surface area contributed by atoms with Crippen LogP contribution in [-0.2, 0) is 4.74 Å². The molecule has 0 spiro atoms. The van der Waals surface area contributed by atoms with Gasteiger partial charge in [0.2, 0.25) is 0 Å². The van der Waals surface area contributed by atoms with Crippen LogP contribution >= 0.6 is 0 Å². The number of hydrogen-bond donors (Lipinski definition) is 0. The second-order valence-electron chi connectivity index (χ2n) is 7.26. The van der Waals surface area contributed by atoms with E-state index in [1.54, 1.807) is 4.90 Å². The van der Waals surface area contributed by atoms with Gasteiger partial charge in [-0.15, -0.1) is 0 Å². The van der Waals surface area contributed by atoms with E-state index in [2.05, 4.69) is 35.2 Å². The zero-order valence-electron chi connectivity index (χ0n) is 14.3. The highest BCUT2D eigenvalue weighted by Crippen LogP contribution is 2.33. The lowest BCUT2D eigenvalue weighted by atomic mass is 9.96. The molecule has 3 rings (SSSR count). The molecule has 1 aromatic carbocycles. The Kier molecular flexibility index (Phi) is 4.33. The van der Waals surface area contributed by atoms with Gasteiger partial charge in [-0.05, 0) is 45.3 Å². The van der Waals surface area contributed by atoms with Gasteiger partial charge in [-0.3, -0.25) is 0 Å². The first-order chi connectivity index (χ1) is 10.9. The van der Waals surface area contributed by atoms with Gasteiger partial charge >= 0.3 is 6.09 Å². The maximum Gasteiger partial charge on any atom is 0.410 e. The van der Waals surface area contributed by atoms with Crippen molar-refractivity contribution in [1.29, 1.82) is 0 Å². The molecule has 0 N–H and O–H groups in total. The summed E-state index contributed by atoms with van der Waals surface area (Å²) in [5.74, 6) is 0. The highest BCUT2D eigenvalue weighted by atomic mass is 16.6. The van der Waals surface area contributed by atoms with E-state index in [0.29, 0.717) is 6.54 Å². The van der Waals surface area contributed by atoms with Crippen LogP contribution in [-0.4, -0.2) is 42.8 Å². The zero-order valence-corrected chi connectivity index (χ0v) is 14.3. The lowest BCUT2D eigenvalue weighted by Crippen LogP contribution is -2.39. The Hall–Kier alpha value is -1.97. The molecule has 2 aliphatic heterocycles. The smallest absolute Gasteiger partial charge is 0.410 e. The van der Waals surface area contributed by atoms with Crippen LogP contribution in [0.1, 0.15) is 39.2 Å². The standard InChI is InChI=1S/C19H26N2O2/c1-19(2,3)23-18(22)21-13-9-15(10-14-21)16-7-4-5-8-17(16)20-11-6-12-20/h4-5,7-9H,6,10-14H2,1-3H3. The molecular formula is C19H26N2O2. The van der Waals surface area contributed by atoms with Gasteiger partial charge in [-0.25, -0.2) is 4.79 Å². The average Bonchev–Trinajstić information content (AvgIpc) is 2.44. The van der Waals surface area contributed by atoms with E-state index < -0.39 is 5.60 Å². The summed E-state index contributed by atoms with van der Waals surface area (Å²) in [6.45, 7) is 9.34. The molecular weight excluding hydrogens is 288 g/mol. The molecule has 2 aliphatic rings. The lowest BCUT2D eigenvalue weighted by molar-refractivity contribution is 0.0270. The number of hydrogen-bond acceptors (Lipinski definition) is 3. The molecule has 0 aromatic heterocycles. The summed E-state index contributed by atoms with van der Waals surface area (Å²) in [6.07, 6.45) is 4.11. The minimum Gasteiger partial charge on any atom is -0.444 e. The van der Waals surface area contributed by atoms with Crippen LogP contribution in [0.15, 0.2) is 30.3 Å². The minimum absolute atomic E-state index is 0.219. The Bertz CT molecular complexity index is 612. The second kappa shape index (κ2) is 6.26. The largest absolute Gasteiger partial charge is 0.444 e. The monoisotopic (exact) mass is 314 g/mol. The van der Waals surface area contributed by atoms with E-state index in [1.165, 1.54) is 23.2 Å². The number of carbonyl (C=O) groups is 1. The first-order valence-corrected chi connectivity index (χ1v) is 8.45. The predicted molar refractivity (Wildman–Crippen MR) is 93.7 cm³/mol. The van der Waals surface area contributed by atoms with Crippen LogP contribution in [0.2, 0.25) is 0 Å². The van der Waals surface area contributed by atoms with Gasteiger partial charge in [0, 0.05) is 37.4 Å². The third-order valence-corrected chi connectivity index (χ3v) is 4.31. The van der Waals surface area contributed by atoms with Crippen molar-refractivity contribution in [2.24, 2.45) is 0 Å². The van der Waals surface area contributed by atoms with Crippen molar-refractivity contribution in [1.82, 2.24) is 4.90 Å². The van der Waals surface area contributed by atoms with Crippen LogP contribution in [0.4, 0.5) is 10.5 Å². The summed E-state index contributed by atoms with van der Waals surface area (Å²) >= 11 is 0. The summed E-state index contributed by atoms with van der Waals surface area (Å²) in [5, 5.41) is 0. The van der Waals surface area contributed by atoms with Gasteiger partial charge in [0.15, 0.2) is 0 Å². The quantitative estimate of drug-likeness (QED) is 0.829. The minimum atomic E-state index is -0.439. The van der Waals surface area contributed by atoms with Crippen molar-refractivity contribution in [2.45, 2.75) is 39.2 Å². The van der Waals surface area contributed by atoms with Crippen LogP contribution in [0, 0.1) is 0 Å². The van der Waals surface area contributed by atoms with Crippen molar-refractivity contribution in [2.75, 3.05) is 31.1 Å². The Balaban J connectivity index is 1.71. The topological polar surface area (TPSA) is 32.8 Å². The average molecular weight is 314 g/mol. The molecule has 0 bridgehead atoms. The van der Waals surface area contributed by atoms with Gasteiger partial charge in [0.1, 0.15) is 5.60 Å². The zero-order chi connectivity index (χ0) is 16.4. The summed E-state index contributed by atoms with van der Waals surface area (Å²) in [4.78, 5) is 16.4. The van der Waals surface area contributed by atoms with E-state index in [0.717, 1.165) is 26.1 Å². The molecule has 1 fully saturated rings. The third kappa shape index (κ3) is 3.69. The third-order valence-electron chi connectivity index (χ3n) is 4.31. The molecule has 4 heteroatoms. The molecule has 0 aliphatic carbocycles. The van der Waals surface area contributed by atoms with E-state index in [1.807, 2.05) is 20.8 Å². The van der Waals surface area contributed by atoms with Gasteiger partial charge in [0.05, 0.1) is 0 Å².